The molecule has 3 nitrogen and oxygen atoms in total. The lowest BCUT2D eigenvalue weighted by Crippen LogP contribution is -1.83. The highest BCUT2D eigenvalue weighted by Gasteiger charge is 2.10. The van der Waals surface area contributed by atoms with Gasteiger partial charge in [-0.15, -0.1) is 0 Å². The maximum absolute atomic E-state index is 6.11. The van der Waals surface area contributed by atoms with E-state index in [4.69, 9.17) is 27.7 Å². The molecule has 0 atom stereocenters. The van der Waals surface area contributed by atoms with E-state index in [-0.39, 0.29) is 0 Å². The van der Waals surface area contributed by atoms with Crippen LogP contribution in [-0.2, 0) is 0 Å². The zero-order valence-corrected chi connectivity index (χ0v) is 14.5. The highest BCUT2D eigenvalue weighted by molar-refractivity contribution is 6.33. The van der Waals surface area contributed by atoms with E-state index in [0.29, 0.717) is 15.6 Å². The second-order valence-corrected chi connectivity index (χ2v) is 6.35. The third-order valence-electron chi connectivity index (χ3n) is 3.82. The van der Waals surface area contributed by atoms with Gasteiger partial charge in [0.05, 0.1) is 10.7 Å². The molecule has 0 spiro atoms. The topological polar surface area (TPSA) is 38.4 Å². The van der Waals surface area contributed by atoms with Crippen LogP contribution in [0.2, 0.25) is 10.0 Å². The van der Waals surface area contributed by atoms with Gasteiger partial charge >= 0.3 is 0 Å². The summed E-state index contributed by atoms with van der Waals surface area (Å²) in [6.45, 7) is 0. The molecule has 3 aromatic carbocycles. The second kappa shape index (κ2) is 6.71. The predicted octanol–water partition coefficient (Wildman–Crippen LogP) is 6.55. The average Bonchev–Trinajstić information content (AvgIpc) is 3.04. The maximum atomic E-state index is 6.11. The summed E-state index contributed by atoms with van der Waals surface area (Å²) in [5.41, 5.74) is 4.15. The number of para-hydroxylation sites is 1. The molecule has 0 fully saturated rings. The Morgan fingerprint density at radius 1 is 0.920 bits per heavy atom. The first-order chi connectivity index (χ1) is 12.2. The molecular formula is C20H12Cl2N2O. The predicted molar refractivity (Wildman–Crippen MR) is 103 cm³/mol. The number of fused-ring (bicyclic) bond motifs is 1. The lowest BCUT2D eigenvalue weighted by molar-refractivity contribution is 0.459. The summed E-state index contributed by atoms with van der Waals surface area (Å²) in [6, 6.07) is 20.9. The van der Waals surface area contributed by atoms with Crippen LogP contribution in [0.4, 0.5) is 5.69 Å². The van der Waals surface area contributed by atoms with Gasteiger partial charge in [0.1, 0.15) is 5.69 Å². The second-order valence-electron chi connectivity index (χ2n) is 5.50. The number of rotatable bonds is 3. The lowest BCUT2D eigenvalue weighted by atomic mass is 10.1. The van der Waals surface area contributed by atoms with Crippen molar-refractivity contribution in [1.82, 2.24) is 5.16 Å². The minimum Gasteiger partial charge on any atom is -0.356 e. The van der Waals surface area contributed by atoms with Crippen LogP contribution in [-0.4, -0.2) is 11.4 Å². The SMILES string of the molecule is Clc1ccc2c(-c3ccc(C=Nc4ccccc4Cl)cc3)noc2c1. The molecule has 25 heavy (non-hydrogen) atoms. The summed E-state index contributed by atoms with van der Waals surface area (Å²) in [6.07, 6.45) is 1.78. The zero-order valence-electron chi connectivity index (χ0n) is 13.0. The molecule has 5 heteroatoms. The Morgan fingerprint density at radius 3 is 2.52 bits per heavy atom. The van der Waals surface area contributed by atoms with Crippen molar-refractivity contribution in [2.45, 2.75) is 0 Å². The van der Waals surface area contributed by atoms with E-state index < -0.39 is 0 Å². The van der Waals surface area contributed by atoms with Gasteiger partial charge in [-0.05, 0) is 29.8 Å². The average molecular weight is 367 g/mol. The lowest BCUT2D eigenvalue weighted by Gasteiger charge is -1.99. The summed E-state index contributed by atoms with van der Waals surface area (Å²) in [5, 5.41) is 6.34. The van der Waals surface area contributed by atoms with Gasteiger partial charge in [0.15, 0.2) is 5.58 Å². The summed E-state index contributed by atoms with van der Waals surface area (Å²) in [4.78, 5) is 4.42. The molecule has 1 aromatic heterocycles. The molecule has 0 aliphatic rings. The van der Waals surface area contributed by atoms with E-state index >= 15 is 0 Å². The van der Waals surface area contributed by atoms with Crippen molar-refractivity contribution in [3.8, 4) is 11.3 Å². The third-order valence-corrected chi connectivity index (χ3v) is 4.38. The number of hydrogen-bond donors (Lipinski definition) is 0. The van der Waals surface area contributed by atoms with Gasteiger partial charge in [-0.2, -0.15) is 0 Å². The highest BCUT2D eigenvalue weighted by Crippen LogP contribution is 2.30. The van der Waals surface area contributed by atoms with Gasteiger partial charge in [-0.3, -0.25) is 4.99 Å². The van der Waals surface area contributed by atoms with Crippen LogP contribution in [0.5, 0.6) is 0 Å². The molecule has 0 aliphatic carbocycles. The van der Waals surface area contributed by atoms with Crippen molar-refractivity contribution >= 4 is 46.1 Å². The first kappa shape index (κ1) is 15.9. The molecule has 4 aromatic rings. The number of benzene rings is 3. The third kappa shape index (κ3) is 3.29. The molecule has 0 unspecified atom stereocenters. The van der Waals surface area contributed by atoms with Crippen molar-refractivity contribution in [1.29, 1.82) is 0 Å². The molecule has 122 valence electrons. The molecule has 4 rings (SSSR count). The molecule has 0 saturated carbocycles. The Morgan fingerprint density at radius 2 is 1.72 bits per heavy atom. The molecular weight excluding hydrogens is 355 g/mol. The first-order valence-electron chi connectivity index (χ1n) is 7.65. The summed E-state index contributed by atoms with van der Waals surface area (Å²) < 4.78 is 5.36. The first-order valence-corrected chi connectivity index (χ1v) is 8.40. The van der Waals surface area contributed by atoms with E-state index in [1.54, 1.807) is 12.3 Å². The van der Waals surface area contributed by atoms with Crippen molar-refractivity contribution in [3.63, 3.8) is 0 Å². The van der Waals surface area contributed by atoms with Gasteiger partial charge in [0, 0.05) is 28.3 Å². The van der Waals surface area contributed by atoms with Crippen molar-refractivity contribution < 1.29 is 4.52 Å². The molecule has 1 heterocycles. The van der Waals surface area contributed by atoms with Crippen molar-refractivity contribution in [3.05, 3.63) is 82.3 Å². The summed E-state index contributed by atoms with van der Waals surface area (Å²) in [5.74, 6) is 0. The van der Waals surface area contributed by atoms with Gasteiger partial charge in [0.2, 0.25) is 0 Å². The molecule has 0 bridgehead atoms. The number of aromatic nitrogens is 1. The van der Waals surface area contributed by atoms with Gasteiger partial charge < -0.3 is 4.52 Å². The molecule has 0 saturated heterocycles. The summed E-state index contributed by atoms with van der Waals surface area (Å²) >= 11 is 12.1. The number of hydrogen-bond acceptors (Lipinski definition) is 3. The van der Waals surface area contributed by atoms with E-state index in [1.165, 1.54) is 0 Å². The molecule has 0 aliphatic heterocycles. The van der Waals surface area contributed by atoms with E-state index in [1.807, 2.05) is 60.7 Å². The van der Waals surface area contributed by atoms with E-state index in [0.717, 1.165) is 27.9 Å². The van der Waals surface area contributed by atoms with Gasteiger partial charge in [-0.25, -0.2) is 0 Å². The van der Waals surface area contributed by atoms with Crippen molar-refractivity contribution in [2.75, 3.05) is 0 Å². The standard InChI is InChI=1S/C20H12Cl2N2O/c21-15-9-10-16-19(11-15)25-24-20(16)14-7-5-13(6-8-14)12-23-18-4-2-1-3-17(18)22/h1-12H. The van der Waals surface area contributed by atoms with E-state index in [9.17, 15) is 0 Å². The fourth-order valence-corrected chi connectivity index (χ4v) is 2.89. The van der Waals surface area contributed by atoms with E-state index in [2.05, 4.69) is 10.1 Å². The van der Waals surface area contributed by atoms with Crippen LogP contribution in [0, 0.1) is 0 Å². The van der Waals surface area contributed by atoms with Crippen LogP contribution in [0.3, 0.4) is 0 Å². The Bertz CT molecular complexity index is 1070. The number of aliphatic imine (C=N–C) groups is 1. The number of halogens is 2. The van der Waals surface area contributed by atoms with Crippen LogP contribution in [0.1, 0.15) is 5.56 Å². The Hall–Kier alpha value is -2.62. The fraction of sp³-hybridized carbons (Fsp3) is 0. The Kier molecular flexibility index (Phi) is 4.26. The molecule has 0 amide bonds. The largest absolute Gasteiger partial charge is 0.356 e. The molecule has 0 N–H and O–H groups in total. The van der Waals surface area contributed by atoms with Crippen molar-refractivity contribution in [2.24, 2.45) is 4.99 Å². The van der Waals surface area contributed by atoms with Crippen LogP contribution in [0.15, 0.2) is 76.2 Å². The number of nitrogens with zero attached hydrogens (tertiary/aromatic N) is 2. The Balaban J connectivity index is 1.62. The molecule has 0 radical (unpaired) electrons. The Labute approximate surface area is 154 Å². The van der Waals surface area contributed by atoms with Crippen LogP contribution >= 0.6 is 23.2 Å². The van der Waals surface area contributed by atoms with Crippen LogP contribution < -0.4 is 0 Å². The smallest absolute Gasteiger partial charge is 0.169 e. The minimum absolute atomic E-state index is 0.626. The normalized spacial score (nSPS) is 11.4. The summed E-state index contributed by atoms with van der Waals surface area (Å²) in [7, 11) is 0. The van der Waals surface area contributed by atoms with Gasteiger partial charge in [-0.1, -0.05) is 64.8 Å². The zero-order chi connectivity index (χ0) is 17.2. The monoisotopic (exact) mass is 366 g/mol. The van der Waals surface area contributed by atoms with Crippen LogP contribution in [0.25, 0.3) is 22.2 Å². The van der Waals surface area contributed by atoms with Gasteiger partial charge in [0.25, 0.3) is 0 Å². The fourth-order valence-electron chi connectivity index (χ4n) is 2.55. The highest BCUT2D eigenvalue weighted by atomic mass is 35.5. The maximum Gasteiger partial charge on any atom is 0.169 e. The quantitative estimate of drug-likeness (QED) is 0.385. The minimum atomic E-state index is 0.626.